The van der Waals surface area contributed by atoms with Crippen LogP contribution in [0.4, 0.5) is 0 Å². The van der Waals surface area contributed by atoms with E-state index in [1.54, 1.807) is 24.3 Å². The molecule has 4 nitrogen and oxygen atoms in total. The Bertz CT molecular complexity index is 637. The van der Waals surface area contributed by atoms with Crippen LogP contribution in [0.3, 0.4) is 0 Å². The number of carbonyl (C=O) groups is 3. The van der Waals surface area contributed by atoms with Crippen molar-refractivity contribution in [2.45, 2.75) is 6.42 Å². The van der Waals surface area contributed by atoms with Gasteiger partial charge in [0, 0.05) is 19.0 Å². The smallest absolute Gasteiger partial charge is 0.241 e. The van der Waals surface area contributed by atoms with E-state index in [4.69, 9.17) is 23.2 Å². The summed E-state index contributed by atoms with van der Waals surface area (Å²) in [6.07, 6.45) is 0.0212. The Hall–Kier alpha value is -1.65. The van der Waals surface area contributed by atoms with Crippen molar-refractivity contribution in [3.63, 3.8) is 0 Å². The molecule has 1 aliphatic carbocycles. The van der Waals surface area contributed by atoms with Gasteiger partial charge in [-0.25, -0.2) is 0 Å². The average molecular weight is 312 g/mol. The van der Waals surface area contributed by atoms with Crippen molar-refractivity contribution in [1.82, 2.24) is 4.90 Å². The maximum Gasteiger partial charge on any atom is 0.241 e. The second-order valence-electron chi connectivity index (χ2n) is 4.34. The van der Waals surface area contributed by atoms with Crippen molar-refractivity contribution < 1.29 is 14.4 Å². The molecule has 0 radical (unpaired) electrons. The normalized spacial score (nSPS) is 14.9. The molecule has 2 rings (SSSR count). The lowest BCUT2D eigenvalue weighted by Crippen LogP contribution is -2.32. The van der Waals surface area contributed by atoms with Crippen LogP contribution in [0, 0.1) is 0 Å². The lowest BCUT2D eigenvalue weighted by atomic mass is 10.0. The highest BCUT2D eigenvalue weighted by Gasteiger charge is 2.31. The first-order valence-electron chi connectivity index (χ1n) is 5.85. The number of fused-ring (bicyclic) bond motifs is 1. The standard InChI is InChI=1S/C14H11Cl2NO3/c1-17(11(19)7-15)13-10(18)6-8-4-2-3-5-9(8)14(20)12(13)16/h2-5H,6-7H2,1H3. The third-order valence-corrected chi connectivity index (χ3v) is 3.69. The molecular weight excluding hydrogens is 301 g/mol. The second kappa shape index (κ2) is 5.77. The highest BCUT2D eigenvalue weighted by Crippen LogP contribution is 2.27. The van der Waals surface area contributed by atoms with Gasteiger partial charge in [-0.15, -0.1) is 11.6 Å². The summed E-state index contributed by atoms with van der Waals surface area (Å²) in [5, 5.41) is -0.249. The number of amides is 1. The molecular formula is C14H11Cl2NO3. The minimum absolute atomic E-state index is 0.0212. The number of ketones is 2. The van der Waals surface area contributed by atoms with E-state index >= 15 is 0 Å². The number of alkyl halides is 1. The first kappa shape index (κ1) is 14.8. The summed E-state index contributed by atoms with van der Waals surface area (Å²) in [6, 6.07) is 6.75. The third-order valence-electron chi connectivity index (χ3n) is 3.11. The summed E-state index contributed by atoms with van der Waals surface area (Å²) in [5.41, 5.74) is 0.883. The Morgan fingerprint density at radius 1 is 1.30 bits per heavy atom. The van der Waals surface area contributed by atoms with E-state index in [1.807, 2.05) is 0 Å². The summed E-state index contributed by atoms with van der Waals surface area (Å²) in [4.78, 5) is 37.2. The maximum absolute atomic E-state index is 12.3. The number of hydrogen-bond acceptors (Lipinski definition) is 3. The lowest BCUT2D eigenvalue weighted by Gasteiger charge is -2.18. The number of Topliss-reactive ketones (excluding diaryl/α,β-unsaturated/α-hetero) is 2. The number of benzene rings is 1. The quantitative estimate of drug-likeness (QED) is 0.786. The van der Waals surface area contributed by atoms with Gasteiger partial charge in [-0.2, -0.15) is 0 Å². The minimum Gasteiger partial charge on any atom is -0.310 e. The fourth-order valence-corrected chi connectivity index (χ4v) is 2.56. The molecule has 20 heavy (non-hydrogen) atoms. The highest BCUT2D eigenvalue weighted by molar-refractivity contribution is 6.47. The van der Waals surface area contributed by atoms with Crippen LogP contribution in [0.15, 0.2) is 35.0 Å². The van der Waals surface area contributed by atoms with Gasteiger partial charge in [-0.1, -0.05) is 35.9 Å². The van der Waals surface area contributed by atoms with Crippen LogP contribution < -0.4 is 0 Å². The van der Waals surface area contributed by atoms with Crippen LogP contribution in [0.2, 0.25) is 0 Å². The zero-order valence-corrected chi connectivity index (χ0v) is 12.2. The lowest BCUT2D eigenvalue weighted by molar-refractivity contribution is -0.128. The van der Waals surface area contributed by atoms with E-state index in [0.717, 1.165) is 4.90 Å². The van der Waals surface area contributed by atoms with Gasteiger partial charge in [-0.05, 0) is 5.56 Å². The third kappa shape index (κ3) is 2.49. The van der Waals surface area contributed by atoms with Crippen LogP contribution in [-0.2, 0) is 16.0 Å². The van der Waals surface area contributed by atoms with Gasteiger partial charge in [0.1, 0.15) is 16.6 Å². The predicted molar refractivity (Wildman–Crippen MR) is 75.9 cm³/mol. The zero-order valence-electron chi connectivity index (χ0n) is 10.7. The zero-order chi connectivity index (χ0) is 14.9. The number of nitrogens with zero attached hydrogens (tertiary/aromatic N) is 1. The topological polar surface area (TPSA) is 54.5 Å². The predicted octanol–water partition coefficient (Wildman–Crippen LogP) is 2.14. The molecule has 104 valence electrons. The number of hydrogen-bond donors (Lipinski definition) is 0. The van der Waals surface area contributed by atoms with E-state index in [-0.39, 0.29) is 28.8 Å². The largest absolute Gasteiger partial charge is 0.310 e. The molecule has 1 aromatic carbocycles. The van der Waals surface area contributed by atoms with E-state index in [0.29, 0.717) is 11.1 Å². The van der Waals surface area contributed by atoms with Crippen LogP contribution >= 0.6 is 23.2 Å². The first-order valence-corrected chi connectivity index (χ1v) is 6.76. The second-order valence-corrected chi connectivity index (χ2v) is 4.98. The summed E-state index contributed by atoms with van der Waals surface area (Å²) in [7, 11) is 1.38. The summed E-state index contributed by atoms with van der Waals surface area (Å²) in [5.74, 6) is -1.63. The maximum atomic E-state index is 12.3. The van der Waals surface area contributed by atoms with Crippen LogP contribution in [0.5, 0.6) is 0 Å². The van der Waals surface area contributed by atoms with E-state index in [2.05, 4.69) is 0 Å². The van der Waals surface area contributed by atoms with Crippen molar-refractivity contribution in [3.8, 4) is 0 Å². The highest BCUT2D eigenvalue weighted by atomic mass is 35.5. The molecule has 0 heterocycles. The molecule has 0 aromatic heterocycles. The van der Waals surface area contributed by atoms with Crippen molar-refractivity contribution in [2.75, 3.05) is 12.9 Å². The van der Waals surface area contributed by atoms with Crippen molar-refractivity contribution in [2.24, 2.45) is 0 Å². The summed E-state index contributed by atoms with van der Waals surface area (Å²) >= 11 is 11.5. The van der Waals surface area contributed by atoms with Gasteiger partial charge in [0.2, 0.25) is 11.7 Å². The molecule has 1 aromatic rings. The first-order chi connectivity index (χ1) is 9.47. The number of halogens is 2. The fraction of sp³-hybridized carbons (Fsp3) is 0.214. The van der Waals surface area contributed by atoms with Gasteiger partial charge in [0.05, 0.1) is 0 Å². The molecule has 1 aliphatic rings. The molecule has 0 bridgehead atoms. The van der Waals surface area contributed by atoms with Crippen LogP contribution in [0.25, 0.3) is 0 Å². The summed E-state index contributed by atoms with van der Waals surface area (Å²) < 4.78 is 0. The molecule has 0 aliphatic heterocycles. The molecule has 0 saturated carbocycles. The van der Waals surface area contributed by atoms with E-state index in [9.17, 15) is 14.4 Å². The van der Waals surface area contributed by atoms with Crippen molar-refractivity contribution >= 4 is 40.7 Å². The average Bonchev–Trinajstić information content (AvgIpc) is 2.54. The number of likely N-dealkylation sites (N-methyl/N-ethyl adjacent to an activating group) is 1. The number of rotatable bonds is 2. The van der Waals surface area contributed by atoms with Gasteiger partial charge in [-0.3, -0.25) is 14.4 Å². The molecule has 0 atom stereocenters. The fourth-order valence-electron chi connectivity index (χ4n) is 2.05. The Labute approximate surface area is 126 Å². The molecule has 0 fully saturated rings. The Morgan fingerprint density at radius 2 is 1.95 bits per heavy atom. The van der Waals surface area contributed by atoms with Crippen LogP contribution in [0.1, 0.15) is 15.9 Å². The minimum atomic E-state index is -0.494. The van der Waals surface area contributed by atoms with Crippen molar-refractivity contribution in [3.05, 3.63) is 46.1 Å². The van der Waals surface area contributed by atoms with Crippen LogP contribution in [-0.4, -0.2) is 35.3 Å². The number of allylic oxidation sites excluding steroid dienone is 2. The van der Waals surface area contributed by atoms with Gasteiger partial charge in [0.25, 0.3) is 0 Å². The molecule has 6 heteroatoms. The Morgan fingerprint density at radius 3 is 2.60 bits per heavy atom. The molecule has 0 N–H and O–H groups in total. The number of carbonyl (C=O) groups excluding carboxylic acids is 3. The van der Waals surface area contributed by atoms with Gasteiger partial charge < -0.3 is 4.90 Å². The molecule has 0 saturated heterocycles. The Kier molecular flexibility index (Phi) is 4.26. The molecule has 0 spiro atoms. The van der Waals surface area contributed by atoms with Gasteiger partial charge in [0.15, 0.2) is 5.78 Å². The van der Waals surface area contributed by atoms with E-state index in [1.165, 1.54) is 7.05 Å². The van der Waals surface area contributed by atoms with E-state index < -0.39 is 11.7 Å². The SMILES string of the molecule is CN(C(=O)CCl)C1=C(Cl)C(=O)c2ccccc2CC1=O. The van der Waals surface area contributed by atoms with Crippen molar-refractivity contribution in [1.29, 1.82) is 0 Å². The van der Waals surface area contributed by atoms with Gasteiger partial charge >= 0.3 is 0 Å². The molecule has 1 amide bonds. The Balaban J connectivity index is 2.55. The molecule has 0 unspecified atom stereocenters. The summed E-state index contributed by atoms with van der Waals surface area (Å²) in [6.45, 7) is 0. The monoisotopic (exact) mass is 311 g/mol.